The van der Waals surface area contributed by atoms with Gasteiger partial charge in [0.05, 0.1) is 5.56 Å². The van der Waals surface area contributed by atoms with E-state index in [4.69, 9.17) is 0 Å². The van der Waals surface area contributed by atoms with Crippen LogP contribution in [0, 0.1) is 0 Å². The van der Waals surface area contributed by atoms with Crippen molar-refractivity contribution in [3.63, 3.8) is 0 Å². The van der Waals surface area contributed by atoms with Crippen molar-refractivity contribution in [2.75, 3.05) is 18.6 Å². The molecule has 0 spiro atoms. The summed E-state index contributed by atoms with van der Waals surface area (Å²) >= 11 is 9.29. The molecule has 82 valence electrons. The number of thioether (sulfide) groups is 1. The number of nitrogens with one attached hydrogen (secondary N) is 1. The van der Waals surface area contributed by atoms with Crippen LogP contribution in [0.5, 0.6) is 0 Å². The Morgan fingerprint density at radius 2 is 2.33 bits per heavy atom. The minimum atomic E-state index is -0.0680. The van der Waals surface area contributed by atoms with E-state index in [1.807, 2.05) is 18.4 Å². The first-order chi connectivity index (χ1) is 7.15. The molecule has 1 aromatic rings. The molecule has 0 unspecified atom stereocenters. The van der Waals surface area contributed by atoms with Crippen LogP contribution >= 0.6 is 40.3 Å². The van der Waals surface area contributed by atoms with Crippen molar-refractivity contribution in [2.45, 2.75) is 4.90 Å². The molecule has 0 atom stereocenters. The molecule has 1 N–H and O–H groups in total. The van der Waals surface area contributed by atoms with Crippen molar-refractivity contribution < 1.29 is 4.79 Å². The van der Waals surface area contributed by atoms with Gasteiger partial charge in [-0.3, -0.25) is 4.79 Å². The zero-order chi connectivity index (χ0) is 11.3. The van der Waals surface area contributed by atoms with Gasteiger partial charge in [0.25, 0.3) is 5.91 Å². The fourth-order valence-corrected chi connectivity index (χ4v) is 2.22. The van der Waals surface area contributed by atoms with Gasteiger partial charge in [-0.15, -0.1) is 12.6 Å². The molecule has 0 saturated carbocycles. The molecule has 1 rings (SSSR count). The molecular weight excluding hydrogens is 294 g/mol. The Hall–Kier alpha value is -0.130. The summed E-state index contributed by atoms with van der Waals surface area (Å²) in [4.78, 5) is 12.4. The number of carbonyl (C=O) groups excluding carboxylic acids is 1. The van der Waals surface area contributed by atoms with E-state index in [2.05, 4.69) is 33.9 Å². The summed E-state index contributed by atoms with van der Waals surface area (Å²) < 4.78 is 0.924. The lowest BCUT2D eigenvalue weighted by molar-refractivity contribution is 0.0953. The molecule has 15 heavy (non-hydrogen) atoms. The molecule has 0 aliphatic heterocycles. The van der Waals surface area contributed by atoms with Gasteiger partial charge in [0, 0.05) is 21.7 Å². The van der Waals surface area contributed by atoms with Gasteiger partial charge in [0.1, 0.15) is 0 Å². The summed E-state index contributed by atoms with van der Waals surface area (Å²) in [6.07, 6.45) is 2.01. The van der Waals surface area contributed by atoms with Crippen molar-refractivity contribution in [1.82, 2.24) is 5.32 Å². The van der Waals surface area contributed by atoms with Gasteiger partial charge in [-0.25, -0.2) is 0 Å². The van der Waals surface area contributed by atoms with E-state index in [1.165, 1.54) is 0 Å². The van der Waals surface area contributed by atoms with E-state index in [1.54, 1.807) is 17.8 Å². The van der Waals surface area contributed by atoms with Crippen LogP contribution in [0.3, 0.4) is 0 Å². The summed E-state index contributed by atoms with van der Waals surface area (Å²) in [6, 6.07) is 5.41. The van der Waals surface area contributed by atoms with Gasteiger partial charge in [-0.2, -0.15) is 11.8 Å². The average Bonchev–Trinajstić information content (AvgIpc) is 2.17. The molecule has 1 amide bonds. The van der Waals surface area contributed by atoms with Crippen LogP contribution in [-0.4, -0.2) is 24.5 Å². The maximum Gasteiger partial charge on any atom is 0.252 e. The minimum Gasteiger partial charge on any atom is -0.351 e. The Labute approximate surface area is 108 Å². The third kappa shape index (κ3) is 4.09. The van der Waals surface area contributed by atoms with E-state index in [0.717, 1.165) is 10.2 Å². The van der Waals surface area contributed by atoms with Crippen LogP contribution < -0.4 is 5.32 Å². The highest BCUT2D eigenvalue weighted by Gasteiger charge is 2.08. The van der Waals surface area contributed by atoms with Gasteiger partial charge >= 0.3 is 0 Å². The monoisotopic (exact) mass is 305 g/mol. The van der Waals surface area contributed by atoms with Crippen molar-refractivity contribution in [3.8, 4) is 0 Å². The average molecular weight is 306 g/mol. The second kappa shape index (κ2) is 6.45. The lowest BCUT2D eigenvalue weighted by Gasteiger charge is -2.06. The predicted octanol–water partition coefficient (Wildman–Crippen LogP) is 2.83. The van der Waals surface area contributed by atoms with E-state index in [0.29, 0.717) is 17.0 Å². The molecule has 0 aliphatic rings. The topological polar surface area (TPSA) is 29.1 Å². The molecule has 0 aliphatic carbocycles. The fraction of sp³-hybridized carbons (Fsp3) is 0.300. The molecule has 0 radical (unpaired) electrons. The third-order valence-electron chi connectivity index (χ3n) is 1.80. The summed E-state index contributed by atoms with van der Waals surface area (Å²) in [5.41, 5.74) is 0.614. The highest BCUT2D eigenvalue weighted by atomic mass is 79.9. The molecule has 1 aromatic carbocycles. The van der Waals surface area contributed by atoms with Gasteiger partial charge < -0.3 is 5.32 Å². The molecule has 0 saturated heterocycles. The molecule has 2 nitrogen and oxygen atoms in total. The Kier molecular flexibility index (Phi) is 5.56. The van der Waals surface area contributed by atoms with Gasteiger partial charge in [0.15, 0.2) is 0 Å². The van der Waals surface area contributed by atoms with Gasteiger partial charge in [0.2, 0.25) is 0 Å². The number of hydrogen-bond donors (Lipinski definition) is 2. The largest absolute Gasteiger partial charge is 0.351 e. The summed E-state index contributed by atoms with van der Waals surface area (Å²) in [7, 11) is 0. The molecule has 0 fully saturated rings. The van der Waals surface area contributed by atoms with Crippen LogP contribution in [0.4, 0.5) is 0 Å². The Bertz CT molecular complexity index is 357. The maximum atomic E-state index is 11.7. The van der Waals surface area contributed by atoms with Gasteiger partial charge in [-0.05, 0) is 24.5 Å². The Morgan fingerprint density at radius 1 is 1.60 bits per heavy atom. The molecule has 5 heteroatoms. The summed E-state index contributed by atoms with van der Waals surface area (Å²) in [5.74, 6) is 0.853. The van der Waals surface area contributed by atoms with E-state index in [9.17, 15) is 4.79 Å². The molecular formula is C10H12BrNOS2. The summed E-state index contributed by atoms with van der Waals surface area (Å²) in [5, 5.41) is 2.84. The van der Waals surface area contributed by atoms with Crippen LogP contribution in [0.15, 0.2) is 27.6 Å². The molecule has 0 aromatic heterocycles. The zero-order valence-corrected chi connectivity index (χ0v) is 11.6. The van der Waals surface area contributed by atoms with Crippen LogP contribution in [-0.2, 0) is 0 Å². The quantitative estimate of drug-likeness (QED) is 0.661. The van der Waals surface area contributed by atoms with E-state index in [-0.39, 0.29) is 5.91 Å². The van der Waals surface area contributed by atoms with Crippen molar-refractivity contribution in [1.29, 1.82) is 0 Å². The Morgan fingerprint density at radius 3 is 2.93 bits per heavy atom. The van der Waals surface area contributed by atoms with E-state index >= 15 is 0 Å². The number of carbonyl (C=O) groups is 1. The number of amides is 1. The number of rotatable bonds is 4. The lowest BCUT2D eigenvalue weighted by atomic mass is 10.2. The SMILES string of the molecule is CSCCNC(=O)c1ccc(Br)cc1S. The maximum absolute atomic E-state index is 11.7. The lowest BCUT2D eigenvalue weighted by Crippen LogP contribution is -2.26. The number of benzene rings is 1. The fourth-order valence-electron chi connectivity index (χ4n) is 1.06. The minimum absolute atomic E-state index is 0.0680. The third-order valence-corrected chi connectivity index (χ3v) is 3.27. The van der Waals surface area contributed by atoms with E-state index < -0.39 is 0 Å². The van der Waals surface area contributed by atoms with Crippen LogP contribution in [0.25, 0.3) is 0 Å². The number of halogens is 1. The van der Waals surface area contributed by atoms with Crippen LogP contribution in [0.2, 0.25) is 0 Å². The first kappa shape index (κ1) is 12.9. The zero-order valence-electron chi connectivity index (χ0n) is 8.29. The molecule has 0 bridgehead atoms. The highest BCUT2D eigenvalue weighted by Crippen LogP contribution is 2.19. The second-order valence-corrected chi connectivity index (χ2v) is 5.29. The van der Waals surface area contributed by atoms with Crippen LogP contribution in [0.1, 0.15) is 10.4 Å². The second-order valence-electron chi connectivity index (χ2n) is 2.91. The Balaban J connectivity index is 2.65. The number of hydrogen-bond acceptors (Lipinski definition) is 3. The van der Waals surface area contributed by atoms with Crippen molar-refractivity contribution in [2.24, 2.45) is 0 Å². The standard InChI is InChI=1S/C10H12BrNOS2/c1-15-5-4-12-10(13)8-3-2-7(11)6-9(8)14/h2-3,6,14H,4-5H2,1H3,(H,12,13). The van der Waals surface area contributed by atoms with Crippen molar-refractivity contribution in [3.05, 3.63) is 28.2 Å². The highest BCUT2D eigenvalue weighted by molar-refractivity contribution is 9.10. The molecule has 0 heterocycles. The number of thiol groups is 1. The predicted molar refractivity (Wildman–Crippen MR) is 72.1 cm³/mol. The normalized spacial score (nSPS) is 10.1. The first-order valence-corrected chi connectivity index (χ1v) is 7.04. The smallest absolute Gasteiger partial charge is 0.252 e. The van der Waals surface area contributed by atoms with Gasteiger partial charge in [-0.1, -0.05) is 15.9 Å². The van der Waals surface area contributed by atoms with Crippen molar-refractivity contribution >= 4 is 46.2 Å². The summed E-state index contributed by atoms with van der Waals surface area (Å²) in [6.45, 7) is 0.684. The first-order valence-electron chi connectivity index (χ1n) is 4.41.